The third-order valence-electron chi connectivity index (χ3n) is 16.6. The number of esters is 3. The monoisotopic (exact) mass is 1040 g/mol. The molecule has 4 fully saturated rings. The molecule has 0 aromatic rings. The number of carbonyl (C=O) groups is 4. The first kappa shape index (κ1) is 61.3. The first-order valence-electron chi connectivity index (χ1n) is 26.8. The van der Waals surface area contributed by atoms with Crippen LogP contribution in [0.4, 0.5) is 0 Å². The van der Waals surface area contributed by atoms with Gasteiger partial charge in [0, 0.05) is 36.7 Å². The molecule has 0 aromatic heterocycles. The van der Waals surface area contributed by atoms with Crippen LogP contribution in [0.25, 0.3) is 0 Å². The lowest BCUT2D eigenvalue weighted by Gasteiger charge is -2.51. The van der Waals surface area contributed by atoms with Crippen LogP contribution in [-0.2, 0) is 61.2 Å². The minimum absolute atomic E-state index is 0.00723. The molecule has 4 aliphatic rings. The fraction of sp³-hybridized carbons (Fsp3) is 0.855. The molecule has 1 spiro atoms. The molecular weight excluding hydrogens is 941 g/mol. The molecule has 4 rings (SSSR count). The van der Waals surface area contributed by atoms with Crippen LogP contribution in [0, 0.1) is 23.2 Å². The lowest BCUT2D eigenvalue weighted by atomic mass is 9.72. The highest BCUT2D eigenvalue weighted by atomic mass is 28.4. The molecule has 0 radical (unpaired) electrons. The number of aliphatic hydroxyl groups is 1. The molecule has 3 saturated heterocycles. The van der Waals surface area contributed by atoms with E-state index in [1.54, 1.807) is 20.8 Å². The molecule has 0 amide bonds. The van der Waals surface area contributed by atoms with E-state index >= 15 is 0 Å². The molecule has 408 valence electrons. The Morgan fingerprint density at radius 2 is 1.49 bits per heavy atom. The van der Waals surface area contributed by atoms with Crippen LogP contribution in [-0.4, -0.2) is 121 Å². The van der Waals surface area contributed by atoms with Gasteiger partial charge in [-0.05, 0) is 111 Å². The highest BCUT2D eigenvalue weighted by Crippen LogP contribution is 2.49. The number of rotatable bonds is 21. The van der Waals surface area contributed by atoms with Gasteiger partial charge in [-0.3, -0.25) is 14.4 Å². The Labute approximate surface area is 430 Å². The van der Waals surface area contributed by atoms with Crippen LogP contribution in [0.5, 0.6) is 0 Å². The number of hydrogen-bond donors (Lipinski definition) is 1. The van der Waals surface area contributed by atoms with Gasteiger partial charge in [0.2, 0.25) is 5.79 Å². The van der Waals surface area contributed by atoms with E-state index in [1.807, 2.05) is 0 Å². The van der Waals surface area contributed by atoms with Gasteiger partial charge in [0.1, 0.15) is 12.4 Å². The predicted octanol–water partition coefficient (Wildman–Crippen LogP) is 11.1. The average Bonchev–Trinajstić information content (AvgIpc) is 3.24. The van der Waals surface area contributed by atoms with E-state index in [9.17, 15) is 24.3 Å². The Kier molecular flexibility index (Phi) is 21.6. The molecule has 14 nitrogen and oxygen atoms in total. The van der Waals surface area contributed by atoms with Crippen molar-refractivity contribution in [1.29, 1.82) is 0 Å². The normalized spacial score (nSPS) is 30.9. The van der Waals surface area contributed by atoms with Gasteiger partial charge in [0.15, 0.2) is 28.5 Å². The smallest absolute Gasteiger partial charge is 0.330 e. The Bertz CT molecular complexity index is 1830. The zero-order chi connectivity index (χ0) is 53.4. The van der Waals surface area contributed by atoms with Crippen LogP contribution in [0.1, 0.15) is 167 Å². The third kappa shape index (κ3) is 16.4. The lowest BCUT2D eigenvalue weighted by Crippen LogP contribution is -2.62. The maximum Gasteiger partial charge on any atom is 0.330 e. The predicted molar refractivity (Wildman–Crippen MR) is 279 cm³/mol. The van der Waals surface area contributed by atoms with Gasteiger partial charge in [-0.2, -0.15) is 0 Å². The van der Waals surface area contributed by atoms with Crippen LogP contribution in [0.3, 0.4) is 0 Å². The van der Waals surface area contributed by atoms with E-state index in [4.69, 9.17) is 42.0 Å². The molecule has 71 heavy (non-hydrogen) atoms. The number of allylic oxidation sites excluding steroid dienone is 1. The van der Waals surface area contributed by atoms with Gasteiger partial charge in [-0.1, -0.05) is 95.6 Å². The Morgan fingerprint density at radius 1 is 0.845 bits per heavy atom. The highest BCUT2D eigenvalue weighted by molar-refractivity contribution is 6.74. The topological polar surface area (TPSA) is 172 Å². The van der Waals surface area contributed by atoms with Gasteiger partial charge in [-0.15, -0.1) is 0 Å². The van der Waals surface area contributed by atoms with Crippen molar-refractivity contribution >= 4 is 40.8 Å². The Balaban J connectivity index is 1.62. The summed E-state index contributed by atoms with van der Waals surface area (Å²) in [5, 5.41) is 12.4. The molecular formula is C55H96O14Si2. The minimum atomic E-state index is -2.41. The summed E-state index contributed by atoms with van der Waals surface area (Å²) in [7, 11) is -3.58. The summed E-state index contributed by atoms with van der Waals surface area (Å²) >= 11 is 0. The van der Waals surface area contributed by atoms with Crippen molar-refractivity contribution < 1.29 is 66.3 Å². The van der Waals surface area contributed by atoms with Crippen molar-refractivity contribution in [1.82, 2.24) is 0 Å². The molecule has 2 unspecified atom stereocenters. The van der Waals surface area contributed by atoms with Crippen LogP contribution < -0.4 is 0 Å². The molecule has 0 bridgehead atoms. The molecule has 16 heteroatoms. The SMILES string of the molecule is CCC(=O)O[C@H]1/C(=C/C(=O)OC)CC(C[C@H](CO[Si](C)(C)C(C)(C)C)OC(=O)C[C@@H](C[C@@H]2CCC[C@H](C[C@@H]3CCOC4(C[C@H](C)CC[C@H]4C(C)C)O3)O2)O[Si](C)(C)C(C)(C)C)O[C@@]1(O)C(C)(C)/C=C/C=O. The summed E-state index contributed by atoms with van der Waals surface area (Å²) in [4.78, 5) is 51.9. The molecule has 3 heterocycles. The summed E-state index contributed by atoms with van der Waals surface area (Å²) < 4.78 is 58.2. The van der Waals surface area contributed by atoms with Crippen LogP contribution in [0.15, 0.2) is 23.8 Å². The number of hydrogen-bond acceptors (Lipinski definition) is 14. The molecule has 1 aliphatic carbocycles. The summed E-state index contributed by atoms with van der Waals surface area (Å²) in [6.07, 6.45) is 9.00. The van der Waals surface area contributed by atoms with Gasteiger partial charge < -0.3 is 47.1 Å². The fourth-order valence-corrected chi connectivity index (χ4v) is 12.6. The summed E-state index contributed by atoms with van der Waals surface area (Å²) in [6, 6.07) is 0. The molecule has 3 aliphatic heterocycles. The standard InChI is InChI=1S/C55H96O14Si2/c1-18-47(57)66-50-39(30-48(58)61-13)29-43(68-55(50,60)53(11,12)26-20-27-56)33-45(36-63-70(14,15)51(5,6)7)65-49(59)34-44(69-71(16,17)52(8,9)10)32-41-22-19-21-40(64-41)31-42-25-28-62-54(67-42)35-38(4)23-24-46(54)37(2)3/h20,26-27,30,37-38,40-46,50,60H,18-19,21-25,28-29,31-36H2,1-17H3/b26-20+,39-30+/t38-,40-,41+,42+,43?,44-,45-,46+,50+,54?,55-/m1/s1. The Morgan fingerprint density at radius 3 is 2.10 bits per heavy atom. The summed E-state index contributed by atoms with van der Waals surface area (Å²) in [5.41, 5.74) is -1.09. The third-order valence-corrected chi connectivity index (χ3v) is 25.6. The van der Waals surface area contributed by atoms with Crippen molar-refractivity contribution in [2.45, 2.75) is 257 Å². The minimum Gasteiger partial charge on any atom is -0.466 e. The van der Waals surface area contributed by atoms with Crippen LogP contribution in [0.2, 0.25) is 36.3 Å². The van der Waals surface area contributed by atoms with E-state index in [2.05, 4.69) is 88.5 Å². The maximum atomic E-state index is 14.6. The number of ether oxygens (including phenoxy) is 7. The molecule has 1 saturated carbocycles. The Hall–Kier alpha value is -2.29. The summed E-state index contributed by atoms with van der Waals surface area (Å²) in [5.74, 6) is -3.26. The van der Waals surface area contributed by atoms with Gasteiger partial charge in [0.25, 0.3) is 0 Å². The van der Waals surface area contributed by atoms with Crippen molar-refractivity contribution in [3.05, 3.63) is 23.8 Å². The average molecular weight is 1040 g/mol. The van der Waals surface area contributed by atoms with Crippen LogP contribution >= 0.6 is 0 Å². The van der Waals surface area contributed by atoms with Gasteiger partial charge in [0.05, 0.1) is 57.3 Å². The van der Waals surface area contributed by atoms with Crippen molar-refractivity contribution in [2.75, 3.05) is 20.3 Å². The fourth-order valence-electron chi connectivity index (χ4n) is 10.2. The second kappa shape index (κ2) is 25.0. The van der Waals surface area contributed by atoms with Gasteiger partial charge in [-0.25, -0.2) is 4.79 Å². The van der Waals surface area contributed by atoms with Gasteiger partial charge >= 0.3 is 17.9 Å². The quantitative estimate of drug-likeness (QED) is 0.0378. The van der Waals surface area contributed by atoms with E-state index in [0.29, 0.717) is 37.1 Å². The van der Waals surface area contributed by atoms with E-state index in [-0.39, 0.29) is 66.3 Å². The summed E-state index contributed by atoms with van der Waals surface area (Å²) in [6.45, 7) is 34.1. The highest BCUT2D eigenvalue weighted by Gasteiger charge is 2.58. The zero-order valence-electron chi connectivity index (χ0n) is 46.9. The lowest BCUT2D eigenvalue weighted by molar-refractivity contribution is -0.342. The van der Waals surface area contributed by atoms with E-state index in [0.717, 1.165) is 44.9 Å². The number of aldehydes is 1. The molecule has 1 N–H and O–H groups in total. The van der Waals surface area contributed by atoms with Crippen molar-refractivity contribution in [3.8, 4) is 0 Å². The van der Waals surface area contributed by atoms with Crippen molar-refractivity contribution in [3.63, 3.8) is 0 Å². The first-order valence-corrected chi connectivity index (χ1v) is 32.6. The zero-order valence-corrected chi connectivity index (χ0v) is 48.9. The first-order chi connectivity index (χ1) is 32.8. The molecule has 0 aromatic carbocycles. The van der Waals surface area contributed by atoms with E-state index < -0.39 is 75.9 Å². The second-order valence-corrected chi connectivity index (χ2v) is 34.7. The largest absolute Gasteiger partial charge is 0.466 e. The van der Waals surface area contributed by atoms with E-state index in [1.165, 1.54) is 31.8 Å². The maximum absolute atomic E-state index is 14.6. The van der Waals surface area contributed by atoms with Crippen molar-refractivity contribution in [2.24, 2.45) is 23.2 Å². The second-order valence-electron chi connectivity index (χ2n) is 25.2. The molecule has 11 atom stereocenters. The number of carbonyl (C=O) groups excluding carboxylic acids is 4. The number of methoxy groups -OCH3 is 1.